The van der Waals surface area contributed by atoms with Crippen molar-refractivity contribution in [1.82, 2.24) is 9.55 Å². The fourth-order valence-corrected chi connectivity index (χ4v) is 2.03. The molecule has 0 aliphatic heterocycles. The molecule has 0 N–H and O–H groups in total. The zero-order valence-electron chi connectivity index (χ0n) is 10.6. The molecule has 16 heavy (non-hydrogen) atoms. The van der Waals surface area contributed by atoms with Gasteiger partial charge in [0, 0.05) is 25.4 Å². The molecule has 0 atom stereocenters. The Morgan fingerprint density at radius 2 is 2.00 bits per heavy atom. The van der Waals surface area contributed by atoms with Gasteiger partial charge in [0.2, 0.25) is 0 Å². The second kappa shape index (κ2) is 6.46. The Labute approximate surface area is 97.9 Å². The molecule has 1 aromatic rings. The molecule has 0 spiro atoms. The van der Waals surface area contributed by atoms with Crippen molar-refractivity contribution >= 4 is 5.78 Å². The predicted octanol–water partition coefficient (Wildman–Crippen LogP) is 2.75. The van der Waals surface area contributed by atoms with Crippen LogP contribution in [0.25, 0.3) is 0 Å². The van der Waals surface area contributed by atoms with Crippen molar-refractivity contribution in [2.75, 3.05) is 0 Å². The second-order valence-electron chi connectivity index (χ2n) is 4.37. The molecule has 3 heteroatoms. The SMILES string of the molecule is CCCC(CCC)C(=O)Cc1nccn1C. The first-order valence-electron chi connectivity index (χ1n) is 6.17. The van der Waals surface area contributed by atoms with Gasteiger partial charge in [-0.3, -0.25) is 4.79 Å². The van der Waals surface area contributed by atoms with E-state index in [0.29, 0.717) is 12.2 Å². The van der Waals surface area contributed by atoms with Crippen molar-refractivity contribution in [2.45, 2.75) is 46.0 Å². The van der Waals surface area contributed by atoms with Gasteiger partial charge in [0.05, 0.1) is 6.42 Å². The van der Waals surface area contributed by atoms with E-state index in [2.05, 4.69) is 18.8 Å². The number of rotatable bonds is 7. The smallest absolute Gasteiger partial charge is 0.143 e. The van der Waals surface area contributed by atoms with Crippen LogP contribution in [0, 0.1) is 5.92 Å². The van der Waals surface area contributed by atoms with Gasteiger partial charge in [-0.15, -0.1) is 0 Å². The molecule has 0 saturated carbocycles. The highest BCUT2D eigenvalue weighted by Gasteiger charge is 2.18. The van der Waals surface area contributed by atoms with Gasteiger partial charge in [-0.25, -0.2) is 4.98 Å². The van der Waals surface area contributed by atoms with Gasteiger partial charge >= 0.3 is 0 Å². The maximum Gasteiger partial charge on any atom is 0.143 e. The first-order valence-corrected chi connectivity index (χ1v) is 6.17. The maximum atomic E-state index is 12.1. The van der Waals surface area contributed by atoms with Crippen molar-refractivity contribution in [3.63, 3.8) is 0 Å². The van der Waals surface area contributed by atoms with Crippen LogP contribution >= 0.6 is 0 Å². The third kappa shape index (κ3) is 3.47. The second-order valence-corrected chi connectivity index (χ2v) is 4.37. The molecular formula is C13H22N2O. The summed E-state index contributed by atoms with van der Waals surface area (Å²) in [6.07, 6.45) is 8.30. The van der Waals surface area contributed by atoms with Gasteiger partial charge in [0.1, 0.15) is 11.6 Å². The minimum absolute atomic E-state index is 0.228. The van der Waals surface area contributed by atoms with Crippen LogP contribution in [0.3, 0.4) is 0 Å². The maximum absolute atomic E-state index is 12.1. The molecule has 90 valence electrons. The number of ketones is 1. The van der Waals surface area contributed by atoms with E-state index in [0.717, 1.165) is 31.5 Å². The standard InChI is InChI=1S/C13H22N2O/c1-4-6-11(7-5-2)12(16)10-13-14-8-9-15(13)3/h8-9,11H,4-7,10H2,1-3H3. The molecule has 3 nitrogen and oxygen atoms in total. The van der Waals surface area contributed by atoms with E-state index in [-0.39, 0.29) is 5.92 Å². The molecular weight excluding hydrogens is 200 g/mol. The van der Waals surface area contributed by atoms with Crippen molar-refractivity contribution in [1.29, 1.82) is 0 Å². The average Bonchev–Trinajstić information content (AvgIpc) is 2.64. The lowest BCUT2D eigenvalue weighted by molar-refractivity contribution is -0.122. The fraction of sp³-hybridized carbons (Fsp3) is 0.692. The topological polar surface area (TPSA) is 34.9 Å². The molecule has 0 aliphatic rings. The van der Waals surface area contributed by atoms with Gasteiger partial charge in [0.25, 0.3) is 0 Å². The summed E-state index contributed by atoms with van der Waals surface area (Å²) in [7, 11) is 1.93. The molecule has 1 aromatic heterocycles. The monoisotopic (exact) mass is 222 g/mol. The molecule has 0 aromatic carbocycles. The number of hydrogen-bond donors (Lipinski definition) is 0. The number of nitrogens with zero attached hydrogens (tertiary/aromatic N) is 2. The first kappa shape index (κ1) is 12.9. The number of hydrogen-bond acceptors (Lipinski definition) is 2. The van der Waals surface area contributed by atoms with E-state index >= 15 is 0 Å². The zero-order valence-corrected chi connectivity index (χ0v) is 10.6. The predicted molar refractivity (Wildman–Crippen MR) is 65.2 cm³/mol. The van der Waals surface area contributed by atoms with Crippen molar-refractivity contribution in [2.24, 2.45) is 13.0 Å². The lowest BCUT2D eigenvalue weighted by Gasteiger charge is -2.13. The van der Waals surface area contributed by atoms with Crippen molar-refractivity contribution in [3.05, 3.63) is 18.2 Å². The Bertz CT molecular complexity index is 324. The van der Waals surface area contributed by atoms with Crippen LogP contribution < -0.4 is 0 Å². The van der Waals surface area contributed by atoms with Crippen molar-refractivity contribution < 1.29 is 4.79 Å². The van der Waals surface area contributed by atoms with Crippen LogP contribution in [0.1, 0.15) is 45.4 Å². The van der Waals surface area contributed by atoms with Crippen LogP contribution in [0.4, 0.5) is 0 Å². The number of Topliss-reactive ketones (excluding diaryl/α,β-unsaturated/α-hetero) is 1. The molecule has 0 fully saturated rings. The Kier molecular flexibility index (Phi) is 5.23. The normalized spacial score (nSPS) is 11.0. The highest BCUT2D eigenvalue weighted by atomic mass is 16.1. The summed E-state index contributed by atoms with van der Waals surface area (Å²) in [4.78, 5) is 16.3. The molecule has 0 saturated heterocycles. The minimum atomic E-state index is 0.228. The summed E-state index contributed by atoms with van der Waals surface area (Å²) in [5, 5.41) is 0. The Hall–Kier alpha value is -1.12. The van der Waals surface area contributed by atoms with E-state index in [1.165, 1.54) is 0 Å². The minimum Gasteiger partial charge on any atom is -0.338 e. The van der Waals surface area contributed by atoms with Crippen LogP contribution in [0.2, 0.25) is 0 Å². The molecule has 0 radical (unpaired) electrons. The molecule has 0 aliphatic carbocycles. The molecule has 1 heterocycles. The third-order valence-corrected chi connectivity index (χ3v) is 2.98. The number of aromatic nitrogens is 2. The molecule has 0 unspecified atom stereocenters. The third-order valence-electron chi connectivity index (χ3n) is 2.98. The Morgan fingerprint density at radius 1 is 1.38 bits per heavy atom. The Morgan fingerprint density at radius 3 is 2.44 bits per heavy atom. The van der Waals surface area contributed by atoms with Crippen molar-refractivity contribution in [3.8, 4) is 0 Å². The quantitative estimate of drug-likeness (QED) is 0.711. The van der Waals surface area contributed by atoms with Gasteiger partial charge < -0.3 is 4.57 Å². The van der Waals surface area contributed by atoms with Crippen LogP contribution in [0.15, 0.2) is 12.4 Å². The van der Waals surface area contributed by atoms with E-state index in [4.69, 9.17) is 0 Å². The summed E-state index contributed by atoms with van der Waals surface area (Å²) in [5.41, 5.74) is 0. The lowest BCUT2D eigenvalue weighted by Crippen LogP contribution is -2.18. The van der Waals surface area contributed by atoms with Gasteiger partial charge in [-0.1, -0.05) is 26.7 Å². The summed E-state index contributed by atoms with van der Waals surface area (Å²) in [5.74, 6) is 1.45. The number of aryl methyl sites for hydroxylation is 1. The summed E-state index contributed by atoms with van der Waals surface area (Å²) in [6, 6.07) is 0. The zero-order chi connectivity index (χ0) is 12.0. The van der Waals surface area contributed by atoms with E-state index < -0.39 is 0 Å². The van der Waals surface area contributed by atoms with E-state index in [1.54, 1.807) is 6.20 Å². The highest BCUT2D eigenvalue weighted by molar-refractivity contribution is 5.82. The molecule has 0 bridgehead atoms. The fourth-order valence-electron chi connectivity index (χ4n) is 2.03. The lowest BCUT2D eigenvalue weighted by atomic mass is 9.92. The Balaban J connectivity index is 2.58. The highest BCUT2D eigenvalue weighted by Crippen LogP contribution is 2.16. The summed E-state index contributed by atoms with van der Waals surface area (Å²) < 4.78 is 1.92. The number of carbonyl (C=O) groups excluding carboxylic acids is 1. The van der Waals surface area contributed by atoms with Gasteiger partial charge in [-0.05, 0) is 12.8 Å². The number of imidazole rings is 1. The molecule has 1 rings (SSSR count). The number of carbonyl (C=O) groups is 1. The largest absolute Gasteiger partial charge is 0.338 e. The van der Waals surface area contributed by atoms with Crippen LogP contribution in [-0.2, 0) is 18.3 Å². The molecule has 0 amide bonds. The summed E-state index contributed by atoms with van der Waals surface area (Å²) in [6.45, 7) is 4.27. The van der Waals surface area contributed by atoms with Gasteiger partial charge in [-0.2, -0.15) is 0 Å². The first-order chi connectivity index (χ1) is 7.69. The van der Waals surface area contributed by atoms with Crippen LogP contribution in [0.5, 0.6) is 0 Å². The summed E-state index contributed by atoms with van der Waals surface area (Å²) >= 11 is 0. The average molecular weight is 222 g/mol. The van der Waals surface area contributed by atoms with E-state index in [1.807, 2.05) is 17.8 Å². The van der Waals surface area contributed by atoms with Gasteiger partial charge in [0.15, 0.2) is 0 Å². The van der Waals surface area contributed by atoms with Crippen LogP contribution in [-0.4, -0.2) is 15.3 Å². The van der Waals surface area contributed by atoms with E-state index in [9.17, 15) is 4.79 Å².